The summed E-state index contributed by atoms with van der Waals surface area (Å²) in [5.74, 6) is -0.124. The van der Waals surface area contributed by atoms with Crippen molar-refractivity contribution in [2.75, 3.05) is 0 Å². The van der Waals surface area contributed by atoms with Gasteiger partial charge in [0.2, 0.25) is 5.91 Å². The number of aryl methyl sites for hydroxylation is 1. The molecule has 0 spiro atoms. The zero-order chi connectivity index (χ0) is 18.6. The maximum atomic E-state index is 12.4. The monoisotopic (exact) mass is 381 g/mol. The molecule has 2 rings (SSSR count). The Morgan fingerprint density at radius 2 is 1.88 bits per heavy atom. The largest absolute Gasteiger partial charge is 0.347 e. The number of aromatic nitrogens is 2. The third kappa shape index (κ3) is 4.83. The van der Waals surface area contributed by atoms with Crippen molar-refractivity contribution in [2.24, 2.45) is 5.92 Å². The average molecular weight is 382 g/mol. The van der Waals surface area contributed by atoms with E-state index in [0.29, 0.717) is 0 Å². The van der Waals surface area contributed by atoms with E-state index in [-0.39, 0.29) is 34.5 Å². The van der Waals surface area contributed by atoms with E-state index in [9.17, 15) is 9.59 Å². The maximum absolute atomic E-state index is 12.4. The fraction of sp³-hybridized carbons (Fsp3) is 0.389. The lowest BCUT2D eigenvalue weighted by atomic mass is 9.95. The Bertz CT molecular complexity index is 801. The third-order valence-corrected chi connectivity index (χ3v) is 4.71. The van der Waals surface area contributed by atoms with Gasteiger partial charge in [-0.2, -0.15) is 5.10 Å². The van der Waals surface area contributed by atoms with Crippen LogP contribution in [0.25, 0.3) is 0 Å². The molecular formula is C18H21Cl2N3O2. The SMILES string of the molecule is CCc1ccc([C@H](NC(=O)Cn2ncc(Cl)c(Cl)c2=O)C(C)C)cc1. The first-order valence-corrected chi connectivity index (χ1v) is 8.88. The van der Waals surface area contributed by atoms with Crippen molar-refractivity contribution in [2.45, 2.75) is 39.8 Å². The van der Waals surface area contributed by atoms with Gasteiger partial charge in [-0.3, -0.25) is 9.59 Å². The predicted octanol–water partition coefficient (Wildman–Crippen LogP) is 3.63. The van der Waals surface area contributed by atoms with Gasteiger partial charge in [0, 0.05) is 0 Å². The molecule has 1 N–H and O–H groups in total. The molecule has 0 unspecified atom stereocenters. The van der Waals surface area contributed by atoms with Crippen LogP contribution in [0, 0.1) is 5.92 Å². The summed E-state index contributed by atoms with van der Waals surface area (Å²) in [6, 6.07) is 8.00. The Morgan fingerprint density at radius 1 is 1.24 bits per heavy atom. The summed E-state index contributed by atoms with van der Waals surface area (Å²) < 4.78 is 1.00. The first-order chi connectivity index (χ1) is 11.8. The molecule has 1 atom stereocenters. The number of carbonyl (C=O) groups excluding carboxylic acids is 1. The lowest BCUT2D eigenvalue weighted by molar-refractivity contribution is -0.123. The van der Waals surface area contributed by atoms with Crippen LogP contribution >= 0.6 is 23.2 Å². The van der Waals surface area contributed by atoms with Gasteiger partial charge in [-0.05, 0) is 23.5 Å². The van der Waals surface area contributed by atoms with Crippen molar-refractivity contribution in [3.05, 3.63) is 62.0 Å². The molecule has 1 heterocycles. The van der Waals surface area contributed by atoms with Crippen LogP contribution < -0.4 is 10.9 Å². The van der Waals surface area contributed by atoms with E-state index >= 15 is 0 Å². The van der Waals surface area contributed by atoms with Crippen LogP contribution in [-0.2, 0) is 17.8 Å². The Balaban J connectivity index is 2.15. The maximum Gasteiger partial charge on any atom is 0.287 e. The quantitative estimate of drug-likeness (QED) is 0.830. The Hall–Kier alpha value is -1.85. The van der Waals surface area contributed by atoms with Crippen molar-refractivity contribution in [3.63, 3.8) is 0 Å². The number of carbonyl (C=O) groups is 1. The molecule has 0 bridgehead atoms. The minimum absolute atomic E-state index is 0.0689. The molecule has 134 valence electrons. The van der Waals surface area contributed by atoms with Gasteiger partial charge >= 0.3 is 0 Å². The summed E-state index contributed by atoms with van der Waals surface area (Å²) in [5, 5.41) is 6.75. The Labute approximate surface area is 157 Å². The Morgan fingerprint density at radius 3 is 2.44 bits per heavy atom. The summed E-state index contributed by atoms with van der Waals surface area (Å²) in [6.07, 6.45) is 2.22. The number of nitrogens with zero attached hydrogens (tertiary/aromatic N) is 2. The van der Waals surface area contributed by atoms with Crippen molar-refractivity contribution < 1.29 is 4.79 Å². The van der Waals surface area contributed by atoms with Crippen LogP contribution in [0.3, 0.4) is 0 Å². The molecule has 7 heteroatoms. The number of amides is 1. The van der Waals surface area contributed by atoms with Gasteiger partial charge in [0.05, 0.1) is 17.3 Å². The second-order valence-corrected chi connectivity index (χ2v) is 6.94. The number of halogens is 2. The van der Waals surface area contributed by atoms with Gasteiger partial charge in [0.15, 0.2) is 0 Å². The van der Waals surface area contributed by atoms with Crippen LogP contribution in [0.4, 0.5) is 0 Å². The molecule has 0 fully saturated rings. The van der Waals surface area contributed by atoms with Gasteiger partial charge in [-0.25, -0.2) is 4.68 Å². The van der Waals surface area contributed by atoms with Gasteiger partial charge < -0.3 is 5.32 Å². The average Bonchev–Trinajstić information content (AvgIpc) is 2.60. The minimum atomic E-state index is -0.585. The molecule has 2 aromatic rings. The molecular weight excluding hydrogens is 361 g/mol. The van der Waals surface area contributed by atoms with E-state index in [1.54, 1.807) is 0 Å². The second-order valence-electron chi connectivity index (χ2n) is 6.15. The molecule has 25 heavy (non-hydrogen) atoms. The summed E-state index contributed by atoms with van der Waals surface area (Å²) >= 11 is 11.6. The van der Waals surface area contributed by atoms with E-state index < -0.39 is 5.56 Å². The first kappa shape index (κ1) is 19.5. The zero-order valence-electron chi connectivity index (χ0n) is 14.4. The topological polar surface area (TPSA) is 64.0 Å². The van der Waals surface area contributed by atoms with Crippen LogP contribution in [0.5, 0.6) is 0 Å². The smallest absolute Gasteiger partial charge is 0.287 e. The molecule has 0 radical (unpaired) electrons. The minimum Gasteiger partial charge on any atom is -0.347 e. The van der Waals surface area contributed by atoms with Gasteiger partial charge in [-0.15, -0.1) is 0 Å². The zero-order valence-corrected chi connectivity index (χ0v) is 15.9. The fourth-order valence-corrected chi connectivity index (χ4v) is 2.78. The molecule has 1 aromatic heterocycles. The van der Waals surface area contributed by atoms with E-state index in [4.69, 9.17) is 23.2 Å². The molecule has 0 saturated carbocycles. The third-order valence-electron chi connectivity index (χ3n) is 3.97. The lowest BCUT2D eigenvalue weighted by Gasteiger charge is -2.23. The van der Waals surface area contributed by atoms with Crippen LogP contribution in [0.15, 0.2) is 35.3 Å². The molecule has 0 aliphatic carbocycles. The van der Waals surface area contributed by atoms with Crippen molar-refractivity contribution in [1.82, 2.24) is 15.1 Å². The summed E-state index contributed by atoms with van der Waals surface area (Å²) in [4.78, 5) is 24.4. The highest BCUT2D eigenvalue weighted by Crippen LogP contribution is 2.22. The van der Waals surface area contributed by atoms with Gasteiger partial charge in [-0.1, -0.05) is 68.2 Å². The lowest BCUT2D eigenvalue weighted by Crippen LogP contribution is -2.37. The predicted molar refractivity (Wildman–Crippen MR) is 100 cm³/mol. The summed E-state index contributed by atoms with van der Waals surface area (Å²) in [6.45, 7) is 5.94. The molecule has 0 aliphatic rings. The normalized spacial score (nSPS) is 12.2. The molecule has 5 nitrogen and oxygen atoms in total. The van der Waals surface area contributed by atoms with Gasteiger partial charge in [0.1, 0.15) is 11.6 Å². The molecule has 0 aliphatic heterocycles. The summed E-state index contributed by atoms with van der Waals surface area (Å²) in [5.41, 5.74) is 1.68. The number of hydrogen-bond acceptors (Lipinski definition) is 3. The highest BCUT2D eigenvalue weighted by molar-refractivity contribution is 6.41. The molecule has 1 amide bonds. The van der Waals surface area contributed by atoms with Crippen LogP contribution in [-0.4, -0.2) is 15.7 Å². The number of nitrogens with one attached hydrogen (secondary N) is 1. The van der Waals surface area contributed by atoms with E-state index in [1.165, 1.54) is 11.8 Å². The fourth-order valence-electron chi connectivity index (χ4n) is 2.51. The number of hydrogen-bond donors (Lipinski definition) is 1. The molecule has 1 aromatic carbocycles. The second kappa shape index (κ2) is 8.50. The Kier molecular flexibility index (Phi) is 6.62. The number of benzene rings is 1. The highest BCUT2D eigenvalue weighted by Gasteiger charge is 2.19. The van der Waals surface area contributed by atoms with Crippen molar-refractivity contribution in [3.8, 4) is 0 Å². The van der Waals surface area contributed by atoms with Crippen LogP contribution in [0.2, 0.25) is 10.0 Å². The van der Waals surface area contributed by atoms with Crippen LogP contribution in [0.1, 0.15) is 37.9 Å². The van der Waals surface area contributed by atoms with Crippen molar-refractivity contribution >= 4 is 29.1 Å². The summed E-state index contributed by atoms with van der Waals surface area (Å²) in [7, 11) is 0. The highest BCUT2D eigenvalue weighted by atomic mass is 35.5. The first-order valence-electron chi connectivity index (χ1n) is 8.12. The van der Waals surface area contributed by atoms with Crippen molar-refractivity contribution in [1.29, 1.82) is 0 Å². The van der Waals surface area contributed by atoms with E-state index in [1.807, 2.05) is 26.0 Å². The van der Waals surface area contributed by atoms with E-state index in [2.05, 4.69) is 29.5 Å². The van der Waals surface area contributed by atoms with E-state index in [0.717, 1.165) is 16.7 Å². The van der Waals surface area contributed by atoms with Gasteiger partial charge in [0.25, 0.3) is 5.56 Å². The number of rotatable bonds is 6. The molecule has 0 saturated heterocycles. The standard InChI is InChI=1S/C18H21Cl2N3O2/c1-4-12-5-7-13(8-6-12)17(11(2)3)22-15(24)10-23-18(25)16(20)14(19)9-21-23/h5-9,11,17H,4,10H2,1-3H3,(H,22,24)/t17-/m1/s1.